The Morgan fingerprint density at radius 1 is 0.882 bits per heavy atom. The normalized spacial score (nSPS) is 12.6. The van der Waals surface area contributed by atoms with E-state index in [4.69, 9.17) is 11.6 Å². The third-order valence-electron chi connectivity index (χ3n) is 6.01. The van der Waals surface area contributed by atoms with Crippen molar-refractivity contribution < 1.29 is 9.59 Å². The molecule has 5 heteroatoms. The smallest absolute Gasteiger partial charge is 0.243 e. The second-order valence-electron chi connectivity index (χ2n) is 8.83. The molecule has 0 saturated heterocycles. The average Bonchev–Trinajstić information content (AvgIpc) is 2.84. The highest BCUT2D eigenvalue weighted by Gasteiger charge is 2.31. The fourth-order valence-corrected chi connectivity index (χ4v) is 3.89. The highest BCUT2D eigenvalue weighted by Crippen LogP contribution is 2.18. The van der Waals surface area contributed by atoms with Crippen molar-refractivity contribution in [3.63, 3.8) is 0 Å². The van der Waals surface area contributed by atoms with Crippen LogP contribution in [0.5, 0.6) is 0 Å². The topological polar surface area (TPSA) is 49.4 Å². The van der Waals surface area contributed by atoms with Crippen molar-refractivity contribution in [2.75, 3.05) is 0 Å². The molecule has 0 aliphatic rings. The summed E-state index contributed by atoms with van der Waals surface area (Å²) in [5.74, 6) is -0.219. The fraction of sp³-hybridized carbons (Fsp3) is 0.310. The van der Waals surface area contributed by atoms with Gasteiger partial charge in [0.2, 0.25) is 11.8 Å². The van der Waals surface area contributed by atoms with Crippen LogP contribution in [0.25, 0.3) is 0 Å². The van der Waals surface area contributed by atoms with Crippen LogP contribution in [0, 0.1) is 6.92 Å². The Labute approximate surface area is 207 Å². The maximum Gasteiger partial charge on any atom is 0.243 e. The molecule has 2 amide bonds. The molecule has 0 unspecified atom stereocenters. The monoisotopic (exact) mass is 476 g/mol. The highest BCUT2D eigenvalue weighted by molar-refractivity contribution is 6.30. The molecule has 178 valence electrons. The number of nitrogens with one attached hydrogen (secondary N) is 1. The maximum atomic E-state index is 13.7. The van der Waals surface area contributed by atoms with Crippen molar-refractivity contribution in [1.82, 2.24) is 10.2 Å². The number of benzene rings is 3. The maximum absolute atomic E-state index is 13.7. The van der Waals surface area contributed by atoms with Crippen molar-refractivity contribution in [3.05, 3.63) is 106 Å². The lowest BCUT2D eigenvalue weighted by Gasteiger charge is -2.32. The highest BCUT2D eigenvalue weighted by atomic mass is 35.5. The molecule has 2 atom stereocenters. The Morgan fingerprint density at radius 3 is 2.12 bits per heavy atom. The van der Waals surface area contributed by atoms with E-state index in [1.165, 1.54) is 0 Å². The van der Waals surface area contributed by atoms with Crippen LogP contribution >= 0.6 is 11.6 Å². The number of carbonyl (C=O) groups is 2. The first-order valence-electron chi connectivity index (χ1n) is 11.8. The van der Waals surface area contributed by atoms with Crippen LogP contribution in [0.15, 0.2) is 78.9 Å². The molecule has 1 N–H and O–H groups in total. The summed E-state index contributed by atoms with van der Waals surface area (Å²) in [5, 5.41) is 3.73. The van der Waals surface area contributed by atoms with Gasteiger partial charge in [-0.05, 0) is 49.1 Å². The second kappa shape index (κ2) is 12.4. The van der Waals surface area contributed by atoms with E-state index in [1.807, 2.05) is 99.6 Å². The molecule has 0 saturated carbocycles. The molecule has 3 aromatic carbocycles. The summed E-state index contributed by atoms with van der Waals surface area (Å²) in [6, 6.07) is 24.6. The van der Waals surface area contributed by atoms with E-state index in [9.17, 15) is 9.59 Å². The van der Waals surface area contributed by atoms with Gasteiger partial charge in [-0.25, -0.2) is 0 Å². The number of halogens is 1. The van der Waals surface area contributed by atoms with Crippen molar-refractivity contribution in [2.45, 2.75) is 58.7 Å². The number of hydrogen-bond donors (Lipinski definition) is 1. The summed E-state index contributed by atoms with van der Waals surface area (Å²) in [5.41, 5.74) is 4.01. The second-order valence-corrected chi connectivity index (χ2v) is 9.27. The Morgan fingerprint density at radius 2 is 1.50 bits per heavy atom. The first-order chi connectivity index (χ1) is 16.4. The molecular formula is C29H33ClN2O2. The van der Waals surface area contributed by atoms with E-state index < -0.39 is 6.04 Å². The van der Waals surface area contributed by atoms with Gasteiger partial charge in [0.25, 0.3) is 0 Å². The van der Waals surface area contributed by atoms with Crippen LogP contribution in [0.2, 0.25) is 5.02 Å². The molecule has 0 aliphatic heterocycles. The molecule has 0 heterocycles. The number of hydrogen-bond acceptors (Lipinski definition) is 2. The van der Waals surface area contributed by atoms with Gasteiger partial charge in [0, 0.05) is 24.0 Å². The van der Waals surface area contributed by atoms with E-state index >= 15 is 0 Å². The van der Waals surface area contributed by atoms with E-state index in [2.05, 4.69) is 5.32 Å². The summed E-state index contributed by atoms with van der Waals surface area (Å²) in [4.78, 5) is 28.9. The van der Waals surface area contributed by atoms with Gasteiger partial charge in [0.1, 0.15) is 6.04 Å². The molecular weight excluding hydrogens is 444 g/mol. The molecule has 3 rings (SSSR count). The molecule has 0 radical (unpaired) electrons. The minimum absolute atomic E-state index is 0.0235. The number of rotatable bonds is 10. The number of nitrogens with zero attached hydrogens (tertiary/aromatic N) is 1. The predicted octanol–water partition coefficient (Wildman–Crippen LogP) is 5.75. The molecule has 3 aromatic rings. The van der Waals surface area contributed by atoms with Crippen molar-refractivity contribution in [1.29, 1.82) is 0 Å². The Kier molecular flexibility index (Phi) is 9.29. The van der Waals surface area contributed by atoms with Crippen molar-refractivity contribution in [2.24, 2.45) is 0 Å². The summed E-state index contributed by atoms with van der Waals surface area (Å²) < 4.78 is 0. The summed E-state index contributed by atoms with van der Waals surface area (Å²) in [6.07, 6.45) is 1.49. The van der Waals surface area contributed by atoms with Crippen LogP contribution in [-0.4, -0.2) is 28.8 Å². The molecule has 0 bridgehead atoms. The third-order valence-corrected chi connectivity index (χ3v) is 6.27. The lowest BCUT2D eigenvalue weighted by Crippen LogP contribution is -2.52. The molecule has 0 fully saturated rings. The first-order valence-corrected chi connectivity index (χ1v) is 12.2. The van der Waals surface area contributed by atoms with E-state index in [0.29, 0.717) is 18.0 Å². The molecule has 0 aliphatic carbocycles. The average molecular weight is 477 g/mol. The zero-order valence-corrected chi connectivity index (χ0v) is 20.9. The zero-order chi connectivity index (χ0) is 24.5. The van der Waals surface area contributed by atoms with E-state index in [0.717, 1.165) is 28.7 Å². The van der Waals surface area contributed by atoms with Crippen molar-refractivity contribution >= 4 is 23.4 Å². The van der Waals surface area contributed by atoms with Gasteiger partial charge in [0.05, 0.1) is 6.42 Å². The van der Waals surface area contributed by atoms with Crippen LogP contribution < -0.4 is 5.32 Å². The van der Waals surface area contributed by atoms with Gasteiger partial charge in [-0.15, -0.1) is 0 Å². The molecule has 4 nitrogen and oxygen atoms in total. The SMILES string of the molecule is CC[C@H](C)NC(=O)[C@@H](Cc1ccccc1)N(Cc1ccc(Cl)cc1)C(=O)Cc1ccc(C)cc1. The van der Waals surface area contributed by atoms with Gasteiger partial charge < -0.3 is 10.2 Å². The zero-order valence-electron chi connectivity index (χ0n) is 20.1. The first kappa shape index (κ1) is 25.5. The minimum Gasteiger partial charge on any atom is -0.352 e. The molecule has 0 spiro atoms. The standard InChI is InChI=1S/C29H33ClN2O2/c1-4-22(3)31-29(34)27(18-23-8-6-5-7-9-23)32(20-25-14-16-26(30)17-15-25)28(33)19-24-12-10-21(2)11-13-24/h5-17,22,27H,4,18-20H2,1-3H3,(H,31,34)/t22-,27+/m0/s1. The fourth-order valence-electron chi connectivity index (χ4n) is 3.76. The van der Waals surface area contributed by atoms with Gasteiger partial charge in [0.15, 0.2) is 0 Å². The lowest BCUT2D eigenvalue weighted by atomic mass is 10.0. The molecule has 0 aromatic heterocycles. The van der Waals surface area contributed by atoms with Crippen molar-refractivity contribution in [3.8, 4) is 0 Å². The van der Waals surface area contributed by atoms with Gasteiger partial charge in [-0.2, -0.15) is 0 Å². The number of carbonyl (C=O) groups excluding carboxylic acids is 2. The van der Waals surface area contributed by atoms with Crippen LogP contribution in [-0.2, 0) is 29.0 Å². The Hall–Kier alpha value is -3.11. The Balaban J connectivity index is 1.95. The van der Waals surface area contributed by atoms with Crippen LogP contribution in [0.1, 0.15) is 42.5 Å². The van der Waals surface area contributed by atoms with E-state index in [1.54, 1.807) is 4.90 Å². The largest absolute Gasteiger partial charge is 0.352 e. The third kappa shape index (κ3) is 7.46. The number of amides is 2. The van der Waals surface area contributed by atoms with Gasteiger partial charge in [-0.3, -0.25) is 9.59 Å². The van der Waals surface area contributed by atoms with Gasteiger partial charge >= 0.3 is 0 Å². The van der Waals surface area contributed by atoms with E-state index in [-0.39, 0.29) is 24.3 Å². The summed E-state index contributed by atoms with van der Waals surface area (Å²) in [7, 11) is 0. The Bertz CT molecular complexity index is 1070. The minimum atomic E-state index is -0.634. The molecule has 34 heavy (non-hydrogen) atoms. The lowest BCUT2D eigenvalue weighted by molar-refractivity contribution is -0.141. The predicted molar refractivity (Wildman–Crippen MR) is 139 cm³/mol. The number of aryl methyl sites for hydroxylation is 1. The van der Waals surface area contributed by atoms with Crippen LogP contribution in [0.4, 0.5) is 0 Å². The summed E-state index contributed by atoms with van der Waals surface area (Å²) >= 11 is 6.08. The van der Waals surface area contributed by atoms with Crippen LogP contribution in [0.3, 0.4) is 0 Å². The quantitative estimate of drug-likeness (QED) is 0.405. The van der Waals surface area contributed by atoms with Gasteiger partial charge in [-0.1, -0.05) is 90.8 Å². The summed E-state index contributed by atoms with van der Waals surface area (Å²) in [6.45, 7) is 6.36.